The first kappa shape index (κ1) is 77.8. The van der Waals surface area contributed by atoms with E-state index in [1.807, 2.05) is 0 Å². The molecule has 0 bridgehead atoms. The number of hydrogen-bond acceptors (Lipinski definition) is 6. The predicted octanol–water partition coefficient (Wildman–Crippen LogP) is 23.4. The summed E-state index contributed by atoms with van der Waals surface area (Å²) in [6.07, 6.45) is 102. The molecule has 1 atom stereocenters. The van der Waals surface area contributed by atoms with Gasteiger partial charge in [0.2, 0.25) is 0 Å². The molecular weight excluding hydrogens is 1020 g/mol. The number of esters is 3. The Morgan fingerprint density at radius 2 is 0.482 bits per heavy atom. The van der Waals surface area contributed by atoms with E-state index in [-0.39, 0.29) is 37.5 Å². The number of unbranched alkanes of at least 4 members (excludes halogenated alkanes) is 20. The lowest BCUT2D eigenvalue weighted by Crippen LogP contribution is -2.30. The number of carbonyl (C=O) groups is 3. The van der Waals surface area contributed by atoms with E-state index in [4.69, 9.17) is 14.2 Å². The zero-order chi connectivity index (χ0) is 59.9. The molecule has 466 valence electrons. The summed E-state index contributed by atoms with van der Waals surface area (Å²) < 4.78 is 16.9. The largest absolute Gasteiger partial charge is 0.462 e. The molecule has 83 heavy (non-hydrogen) atoms. The lowest BCUT2D eigenvalue weighted by Gasteiger charge is -2.18. The van der Waals surface area contributed by atoms with Crippen LogP contribution in [-0.2, 0) is 28.6 Å². The third-order valence-corrected chi connectivity index (χ3v) is 13.7. The van der Waals surface area contributed by atoms with E-state index in [0.717, 1.165) is 148 Å². The zero-order valence-corrected chi connectivity index (χ0v) is 53.4. The van der Waals surface area contributed by atoms with Gasteiger partial charge >= 0.3 is 17.9 Å². The first-order valence-corrected chi connectivity index (χ1v) is 33.6. The number of hydrogen-bond donors (Lipinski definition) is 0. The molecule has 6 heteroatoms. The van der Waals surface area contributed by atoms with Crippen molar-refractivity contribution in [2.75, 3.05) is 13.2 Å². The van der Waals surface area contributed by atoms with Crippen molar-refractivity contribution in [1.82, 2.24) is 0 Å². The van der Waals surface area contributed by atoms with Gasteiger partial charge in [-0.2, -0.15) is 0 Å². The van der Waals surface area contributed by atoms with Crippen molar-refractivity contribution >= 4 is 17.9 Å². The monoisotopic (exact) mass is 1140 g/mol. The van der Waals surface area contributed by atoms with Gasteiger partial charge in [0.05, 0.1) is 0 Å². The minimum Gasteiger partial charge on any atom is -0.462 e. The number of ether oxygens (including phenoxy) is 3. The fraction of sp³-hybridized carbons (Fsp3) is 0.597. The molecule has 0 radical (unpaired) electrons. The summed E-state index contributed by atoms with van der Waals surface area (Å²) in [7, 11) is 0. The Balaban J connectivity index is 4.45. The van der Waals surface area contributed by atoms with Gasteiger partial charge in [-0.25, -0.2) is 0 Å². The van der Waals surface area contributed by atoms with Crippen molar-refractivity contribution in [3.8, 4) is 0 Å². The summed E-state index contributed by atoms with van der Waals surface area (Å²) in [5.41, 5.74) is 0. The Morgan fingerprint density at radius 3 is 0.783 bits per heavy atom. The SMILES string of the molecule is CC/C=C\C/C=C\C/C=C\C/C=C\C/C=C\C/C=C\CCCCCCCCCCCCC(=O)OCC(COC(=O)CCC/C=C\C/C=C\C/C=C\C/C=C\C/C=C\CC)OC(=O)CCCCCCCC/C=C\C/C=C\C/C=C\CCCCC. The van der Waals surface area contributed by atoms with Gasteiger partial charge in [0, 0.05) is 19.3 Å². The first-order valence-electron chi connectivity index (χ1n) is 33.6. The van der Waals surface area contributed by atoms with Crippen LogP contribution in [0, 0.1) is 0 Å². The smallest absolute Gasteiger partial charge is 0.306 e. The molecule has 0 aliphatic rings. The van der Waals surface area contributed by atoms with Crippen LogP contribution in [0.5, 0.6) is 0 Å². The third kappa shape index (κ3) is 67.4. The van der Waals surface area contributed by atoms with Crippen LogP contribution in [0.4, 0.5) is 0 Å². The highest BCUT2D eigenvalue weighted by molar-refractivity contribution is 5.71. The minimum absolute atomic E-state index is 0.111. The maximum atomic E-state index is 12.9. The average molecular weight is 1140 g/mol. The number of rotatable bonds is 59. The van der Waals surface area contributed by atoms with E-state index in [9.17, 15) is 14.4 Å². The van der Waals surface area contributed by atoms with Crippen LogP contribution in [0.15, 0.2) is 170 Å². The lowest BCUT2D eigenvalue weighted by atomic mass is 10.1. The number of allylic oxidation sites excluding steroid dienone is 28. The van der Waals surface area contributed by atoms with Crippen LogP contribution in [0.1, 0.15) is 278 Å². The Bertz CT molecular complexity index is 1890. The van der Waals surface area contributed by atoms with Crippen molar-refractivity contribution < 1.29 is 28.6 Å². The van der Waals surface area contributed by atoms with E-state index < -0.39 is 6.10 Å². The fourth-order valence-corrected chi connectivity index (χ4v) is 8.72. The third-order valence-electron chi connectivity index (χ3n) is 13.7. The van der Waals surface area contributed by atoms with Crippen LogP contribution in [0.2, 0.25) is 0 Å². The van der Waals surface area contributed by atoms with Gasteiger partial charge in [0.15, 0.2) is 6.10 Å². The van der Waals surface area contributed by atoms with E-state index in [0.29, 0.717) is 19.3 Å². The molecule has 0 aliphatic heterocycles. The molecule has 0 N–H and O–H groups in total. The Morgan fingerprint density at radius 1 is 0.253 bits per heavy atom. The maximum Gasteiger partial charge on any atom is 0.306 e. The maximum absolute atomic E-state index is 12.9. The number of carbonyl (C=O) groups excluding carboxylic acids is 3. The van der Waals surface area contributed by atoms with Crippen LogP contribution < -0.4 is 0 Å². The predicted molar refractivity (Wildman–Crippen MR) is 361 cm³/mol. The van der Waals surface area contributed by atoms with Crippen LogP contribution >= 0.6 is 0 Å². The minimum atomic E-state index is -0.821. The van der Waals surface area contributed by atoms with Crippen molar-refractivity contribution in [2.45, 2.75) is 284 Å². The molecule has 0 aromatic carbocycles. The summed E-state index contributed by atoms with van der Waals surface area (Å²) >= 11 is 0. The molecule has 0 fully saturated rings. The Labute approximate surface area is 511 Å². The summed E-state index contributed by atoms with van der Waals surface area (Å²) in [5.74, 6) is -0.990. The summed E-state index contributed by atoms with van der Waals surface area (Å²) in [4.78, 5) is 38.4. The average Bonchev–Trinajstić information content (AvgIpc) is 3.49. The van der Waals surface area contributed by atoms with Crippen molar-refractivity contribution in [2.24, 2.45) is 0 Å². The molecule has 0 amide bonds. The molecule has 0 aromatic rings. The standard InChI is InChI=1S/C77H122O6/c1-4-7-10-13-16-19-22-25-28-31-33-34-35-36-37-38-39-40-41-42-44-46-49-52-55-58-61-64-67-70-76(79)82-73-74(72-81-75(78)69-66-63-60-57-54-51-48-45-30-27-24-21-18-15-12-9-6-3)83-77(80)71-68-65-62-59-56-53-50-47-43-32-29-26-23-20-17-14-11-8-5-2/h7,9-10,12,16-21,25-30,33-34,36-37,39-40,43,47-48,51,57,60,74H,4-6,8,11,13-15,22-24,31-32,35,38,41-42,44-46,49-50,52-56,58-59,61-73H2,1-3H3/b10-7-,12-9-,19-16-,20-17-,21-18-,28-25-,29-26-,30-27-,34-33-,37-36-,40-39-,47-43-,51-48-,60-57-. The van der Waals surface area contributed by atoms with Gasteiger partial charge < -0.3 is 14.2 Å². The van der Waals surface area contributed by atoms with Crippen molar-refractivity contribution in [3.63, 3.8) is 0 Å². The first-order chi connectivity index (χ1) is 41.0. The summed E-state index contributed by atoms with van der Waals surface area (Å²) in [5, 5.41) is 0. The van der Waals surface area contributed by atoms with Gasteiger partial charge in [-0.05, 0) is 148 Å². The second-order valence-electron chi connectivity index (χ2n) is 21.6. The quantitative estimate of drug-likeness (QED) is 0.0261. The van der Waals surface area contributed by atoms with Crippen molar-refractivity contribution in [1.29, 1.82) is 0 Å². The van der Waals surface area contributed by atoms with Gasteiger partial charge in [-0.15, -0.1) is 0 Å². The molecule has 0 spiro atoms. The van der Waals surface area contributed by atoms with Crippen LogP contribution in [0.3, 0.4) is 0 Å². The lowest BCUT2D eigenvalue weighted by molar-refractivity contribution is -0.167. The highest BCUT2D eigenvalue weighted by atomic mass is 16.6. The van der Waals surface area contributed by atoms with Gasteiger partial charge in [-0.1, -0.05) is 281 Å². The van der Waals surface area contributed by atoms with E-state index >= 15 is 0 Å². The molecule has 0 heterocycles. The van der Waals surface area contributed by atoms with Crippen LogP contribution in [-0.4, -0.2) is 37.2 Å². The molecule has 0 saturated carbocycles. The normalized spacial score (nSPS) is 13.2. The van der Waals surface area contributed by atoms with Crippen molar-refractivity contribution in [3.05, 3.63) is 170 Å². The molecule has 0 aromatic heterocycles. The topological polar surface area (TPSA) is 78.9 Å². The summed E-state index contributed by atoms with van der Waals surface area (Å²) in [6.45, 7) is 6.32. The molecule has 0 rings (SSSR count). The molecule has 0 aliphatic carbocycles. The summed E-state index contributed by atoms with van der Waals surface area (Å²) in [6, 6.07) is 0. The Hall–Kier alpha value is -5.23. The Kier molecular flexibility index (Phi) is 64.9. The van der Waals surface area contributed by atoms with Gasteiger partial charge in [0.25, 0.3) is 0 Å². The highest BCUT2D eigenvalue weighted by Gasteiger charge is 2.19. The van der Waals surface area contributed by atoms with Crippen LogP contribution in [0.25, 0.3) is 0 Å². The molecule has 1 unspecified atom stereocenters. The molecule has 6 nitrogen and oxygen atoms in total. The van der Waals surface area contributed by atoms with Gasteiger partial charge in [0.1, 0.15) is 13.2 Å². The van der Waals surface area contributed by atoms with E-state index in [2.05, 4.69) is 191 Å². The molecular formula is C77H122O6. The molecule has 0 saturated heterocycles. The second-order valence-corrected chi connectivity index (χ2v) is 21.6. The highest BCUT2D eigenvalue weighted by Crippen LogP contribution is 2.15. The second kappa shape index (κ2) is 69.3. The van der Waals surface area contributed by atoms with Gasteiger partial charge in [-0.3, -0.25) is 14.4 Å². The zero-order valence-electron chi connectivity index (χ0n) is 53.4. The van der Waals surface area contributed by atoms with E-state index in [1.165, 1.54) is 83.5 Å². The van der Waals surface area contributed by atoms with E-state index in [1.54, 1.807) is 0 Å². The fourth-order valence-electron chi connectivity index (χ4n) is 8.72.